The fourth-order valence-electron chi connectivity index (χ4n) is 4.30. The monoisotopic (exact) mass is 430 g/mol. The summed E-state index contributed by atoms with van der Waals surface area (Å²) in [6.07, 6.45) is -0.465. The van der Waals surface area contributed by atoms with E-state index in [1.54, 1.807) is 25.9 Å². The third-order valence-electron chi connectivity index (χ3n) is 6.11. The van der Waals surface area contributed by atoms with Crippen molar-refractivity contribution in [3.05, 3.63) is 72.8 Å². The number of amides is 1. The van der Waals surface area contributed by atoms with Crippen LogP contribution in [0.4, 0.5) is 5.69 Å². The number of anilines is 1. The van der Waals surface area contributed by atoms with E-state index in [9.17, 15) is 9.90 Å². The zero-order valence-electron chi connectivity index (χ0n) is 18.9. The molecule has 5 nitrogen and oxygen atoms in total. The number of hydrogen-bond acceptors (Lipinski definition) is 4. The number of hydrogen-bond donors (Lipinski definition) is 1. The minimum absolute atomic E-state index is 0.0370. The fraction of sp³-hybridized carbons (Fsp3) is 0.296. The van der Waals surface area contributed by atoms with E-state index in [1.165, 1.54) is 22.3 Å². The Balaban J connectivity index is 0.000000157. The Morgan fingerprint density at radius 1 is 0.969 bits per heavy atom. The van der Waals surface area contributed by atoms with Crippen LogP contribution in [0.15, 0.2) is 72.8 Å². The molecule has 0 bridgehead atoms. The van der Waals surface area contributed by atoms with Crippen LogP contribution < -0.4 is 9.64 Å². The van der Waals surface area contributed by atoms with Crippen LogP contribution in [0.3, 0.4) is 0 Å². The van der Waals surface area contributed by atoms with E-state index in [-0.39, 0.29) is 11.9 Å². The summed E-state index contributed by atoms with van der Waals surface area (Å²) in [7, 11) is 1.73. The summed E-state index contributed by atoms with van der Waals surface area (Å²) in [5.74, 6) is 1.10. The van der Waals surface area contributed by atoms with Crippen molar-refractivity contribution in [1.29, 1.82) is 0 Å². The van der Waals surface area contributed by atoms with Gasteiger partial charge in [-0.25, -0.2) is 0 Å². The van der Waals surface area contributed by atoms with Crippen LogP contribution in [0.25, 0.3) is 22.3 Å². The second kappa shape index (κ2) is 9.45. The lowest BCUT2D eigenvalue weighted by atomic mass is 10.1. The van der Waals surface area contributed by atoms with Crippen molar-refractivity contribution in [1.82, 2.24) is 4.90 Å². The summed E-state index contributed by atoms with van der Waals surface area (Å²) in [5.41, 5.74) is 6.13. The van der Waals surface area contributed by atoms with Gasteiger partial charge in [-0.05, 0) is 42.3 Å². The lowest BCUT2D eigenvalue weighted by molar-refractivity contribution is -0.130. The van der Waals surface area contributed by atoms with E-state index in [1.807, 2.05) is 48.5 Å². The number of benzene rings is 3. The molecule has 1 heterocycles. The van der Waals surface area contributed by atoms with Crippen molar-refractivity contribution in [2.24, 2.45) is 0 Å². The Kier molecular flexibility index (Phi) is 6.47. The van der Waals surface area contributed by atoms with Gasteiger partial charge in [0.05, 0.1) is 19.3 Å². The highest BCUT2D eigenvalue weighted by molar-refractivity contribution is 5.97. The van der Waals surface area contributed by atoms with Crippen molar-refractivity contribution in [2.45, 2.75) is 26.0 Å². The van der Waals surface area contributed by atoms with Gasteiger partial charge in [0.1, 0.15) is 5.75 Å². The Morgan fingerprint density at radius 3 is 2.12 bits per heavy atom. The Labute approximate surface area is 189 Å². The van der Waals surface area contributed by atoms with E-state index in [0.717, 1.165) is 18.0 Å². The summed E-state index contributed by atoms with van der Waals surface area (Å²) in [6.45, 7) is 5.43. The van der Waals surface area contributed by atoms with Crippen LogP contribution in [0.1, 0.15) is 13.8 Å². The van der Waals surface area contributed by atoms with Gasteiger partial charge in [-0.2, -0.15) is 0 Å². The van der Waals surface area contributed by atoms with E-state index in [2.05, 4.69) is 29.2 Å². The molecular weight excluding hydrogens is 400 g/mol. The van der Waals surface area contributed by atoms with Crippen LogP contribution in [0.2, 0.25) is 0 Å². The predicted octanol–water partition coefficient (Wildman–Crippen LogP) is 4.45. The fourth-order valence-corrected chi connectivity index (χ4v) is 4.30. The molecule has 5 rings (SSSR count). The van der Waals surface area contributed by atoms with Gasteiger partial charge in [-0.3, -0.25) is 4.79 Å². The lowest BCUT2D eigenvalue weighted by Gasteiger charge is -2.43. The number of aliphatic hydroxyl groups is 1. The molecule has 1 N–H and O–H groups in total. The predicted molar refractivity (Wildman–Crippen MR) is 129 cm³/mol. The number of carbonyl (C=O) groups is 1. The normalized spacial score (nSPS) is 17.2. The van der Waals surface area contributed by atoms with E-state index < -0.39 is 6.10 Å². The molecular formula is C27H30N2O3. The molecule has 3 aliphatic rings. The molecule has 0 aromatic heterocycles. The number of aliphatic hydroxyl groups excluding tert-OH is 1. The van der Waals surface area contributed by atoms with Crippen molar-refractivity contribution < 1.29 is 14.6 Å². The largest absolute Gasteiger partial charge is 0.495 e. The number of rotatable bonds is 4. The molecule has 1 saturated heterocycles. The molecule has 166 valence electrons. The molecule has 2 aromatic carbocycles. The van der Waals surface area contributed by atoms with Crippen molar-refractivity contribution >= 4 is 11.6 Å². The molecule has 0 saturated carbocycles. The van der Waals surface area contributed by atoms with Crippen molar-refractivity contribution in [2.75, 3.05) is 31.6 Å². The molecule has 2 unspecified atom stereocenters. The smallest absolute Gasteiger partial charge is 0.219 e. The third-order valence-corrected chi connectivity index (χ3v) is 6.11. The first-order valence-corrected chi connectivity index (χ1v) is 11.0. The molecule has 5 heteroatoms. The first-order chi connectivity index (χ1) is 15.5. The second-order valence-electron chi connectivity index (χ2n) is 8.27. The third kappa shape index (κ3) is 4.63. The van der Waals surface area contributed by atoms with Crippen molar-refractivity contribution in [3.8, 4) is 28.0 Å². The van der Waals surface area contributed by atoms with Gasteiger partial charge >= 0.3 is 0 Å². The van der Waals surface area contributed by atoms with Gasteiger partial charge in [0.15, 0.2) is 0 Å². The van der Waals surface area contributed by atoms with Gasteiger partial charge in [0.25, 0.3) is 0 Å². The maximum absolute atomic E-state index is 11.4. The zero-order valence-corrected chi connectivity index (χ0v) is 18.9. The van der Waals surface area contributed by atoms with Crippen LogP contribution >= 0.6 is 0 Å². The molecule has 32 heavy (non-hydrogen) atoms. The van der Waals surface area contributed by atoms with Gasteiger partial charge in [0, 0.05) is 43.4 Å². The average Bonchev–Trinajstić information content (AvgIpc) is 3.50. The summed E-state index contributed by atoms with van der Waals surface area (Å²) < 4.78 is 5.39. The molecule has 2 atom stereocenters. The minimum Gasteiger partial charge on any atom is -0.495 e. The molecule has 1 fully saturated rings. The SMILES string of the molecule is CC(=O)N1CCN(c2ccccc2)C(C(C)O)C1.COc1c(-c2ccccc2)cc2cc1-2. The average molecular weight is 431 g/mol. The summed E-state index contributed by atoms with van der Waals surface area (Å²) >= 11 is 0. The number of para-hydroxylation sites is 1. The summed E-state index contributed by atoms with van der Waals surface area (Å²) in [6, 6.07) is 24.7. The van der Waals surface area contributed by atoms with Crippen LogP contribution in [0.5, 0.6) is 5.75 Å². The number of fused-ring (bicyclic) bond motifs is 1. The van der Waals surface area contributed by atoms with E-state index in [0.29, 0.717) is 13.1 Å². The first kappa shape index (κ1) is 21.9. The molecule has 0 radical (unpaired) electrons. The number of methoxy groups -OCH3 is 1. The van der Waals surface area contributed by atoms with Gasteiger partial charge < -0.3 is 19.6 Å². The maximum atomic E-state index is 11.4. The van der Waals surface area contributed by atoms with Crippen LogP contribution in [-0.2, 0) is 4.79 Å². The lowest BCUT2D eigenvalue weighted by Crippen LogP contribution is -2.58. The van der Waals surface area contributed by atoms with Crippen molar-refractivity contribution in [3.63, 3.8) is 0 Å². The molecule has 1 aliphatic heterocycles. The highest BCUT2D eigenvalue weighted by atomic mass is 16.5. The highest BCUT2D eigenvalue weighted by Crippen LogP contribution is 2.50. The molecule has 1 amide bonds. The minimum atomic E-state index is -0.465. The van der Waals surface area contributed by atoms with Gasteiger partial charge in [0.2, 0.25) is 5.91 Å². The van der Waals surface area contributed by atoms with E-state index in [4.69, 9.17) is 4.74 Å². The van der Waals surface area contributed by atoms with Gasteiger partial charge in [-0.15, -0.1) is 0 Å². The maximum Gasteiger partial charge on any atom is 0.219 e. The number of ether oxygens (including phenoxy) is 1. The standard InChI is InChI=1S/C14H20N2O2.C13H10O/c1-11(17)14-10-15(12(2)18)8-9-16(14)13-6-4-3-5-7-13;1-14-13-11(7-10-8-12(10)13)9-5-3-2-4-6-9/h3-7,11,14,17H,8-10H2,1-2H3;2-8H,1H3. The Morgan fingerprint density at radius 2 is 1.56 bits per heavy atom. The Bertz CT molecular complexity index is 1070. The molecule has 2 aromatic rings. The second-order valence-corrected chi connectivity index (χ2v) is 8.27. The zero-order chi connectivity index (χ0) is 22.7. The summed E-state index contributed by atoms with van der Waals surface area (Å²) in [5, 5.41) is 9.93. The number of piperazine rings is 1. The van der Waals surface area contributed by atoms with Crippen LogP contribution in [-0.4, -0.2) is 54.8 Å². The van der Waals surface area contributed by atoms with Crippen LogP contribution in [0, 0.1) is 0 Å². The molecule has 2 aliphatic carbocycles. The summed E-state index contributed by atoms with van der Waals surface area (Å²) in [4.78, 5) is 15.4. The topological polar surface area (TPSA) is 53.0 Å². The highest BCUT2D eigenvalue weighted by Gasteiger charge is 2.31. The first-order valence-electron chi connectivity index (χ1n) is 11.0. The van der Waals surface area contributed by atoms with Gasteiger partial charge in [-0.1, -0.05) is 48.5 Å². The quantitative estimate of drug-likeness (QED) is 0.520. The Hall–Kier alpha value is -3.31. The number of nitrogens with zero attached hydrogens (tertiary/aromatic N) is 2. The number of carbonyl (C=O) groups excluding carboxylic acids is 1. The molecule has 0 spiro atoms. The van der Waals surface area contributed by atoms with E-state index >= 15 is 0 Å².